The number of methoxy groups -OCH3 is 3. The summed E-state index contributed by atoms with van der Waals surface area (Å²) in [5, 5.41) is 6.78. The maximum absolute atomic E-state index is 12.7. The van der Waals surface area contributed by atoms with Gasteiger partial charge in [0, 0.05) is 50.3 Å². The van der Waals surface area contributed by atoms with Gasteiger partial charge < -0.3 is 29.7 Å². The molecule has 2 fully saturated rings. The summed E-state index contributed by atoms with van der Waals surface area (Å²) in [5.74, 6) is 3.25. The number of hydrogen-bond acceptors (Lipinski definition) is 5. The second-order valence-electron chi connectivity index (χ2n) is 7.84. The van der Waals surface area contributed by atoms with Gasteiger partial charge in [-0.3, -0.25) is 9.79 Å². The van der Waals surface area contributed by atoms with Gasteiger partial charge in [-0.15, -0.1) is 24.0 Å². The van der Waals surface area contributed by atoms with Gasteiger partial charge in [-0.05, 0) is 25.3 Å². The first-order chi connectivity index (χ1) is 14.6. The van der Waals surface area contributed by atoms with Crippen LogP contribution in [-0.2, 0) is 11.3 Å². The molecule has 1 heterocycles. The van der Waals surface area contributed by atoms with Crippen molar-refractivity contribution in [2.45, 2.75) is 44.7 Å². The molecule has 31 heavy (non-hydrogen) atoms. The van der Waals surface area contributed by atoms with Gasteiger partial charge in [-0.25, -0.2) is 0 Å². The summed E-state index contributed by atoms with van der Waals surface area (Å²) in [6, 6.07) is 3.92. The first kappa shape index (κ1) is 25.4. The van der Waals surface area contributed by atoms with Crippen LogP contribution in [0.2, 0.25) is 0 Å². The Hall–Kier alpha value is -1.91. The number of rotatable bonds is 7. The molecule has 2 N–H and O–H groups in total. The number of hydrogen-bond donors (Lipinski definition) is 2. The quantitative estimate of drug-likeness (QED) is 0.311. The van der Waals surface area contributed by atoms with Crippen LogP contribution >= 0.6 is 24.0 Å². The Morgan fingerprint density at radius 1 is 1.06 bits per heavy atom. The Labute approximate surface area is 202 Å². The Balaban J connectivity index is 0.00000341. The van der Waals surface area contributed by atoms with Gasteiger partial charge in [0.1, 0.15) is 5.75 Å². The molecule has 1 saturated heterocycles. The first-order valence-electron chi connectivity index (χ1n) is 10.6. The monoisotopic (exact) mass is 546 g/mol. The molecule has 1 aliphatic heterocycles. The predicted octanol–water partition coefficient (Wildman–Crippen LogP) is 2.79. The second kappa shape index (κ2) is 12.2. The van der Waals surface area contributed by atoms with Crippen LogP contribution in [0.15, 0.2) is 17.1 Å². The van der Waals surface area contributed by atoms with Gasteiger partial charge in [0.25, 0.3) is 0 Å². The summed E-state index contributed by atoms with van der Waals surface area (Å²) in [6.07, 6.45) is 5.39. The average Bonchev–Trinajstić information content (AvgIpc) is 3.47. The zero-order valence-corrected chi connectivity index (χ0v) is 21.2. The van der Waals surface area contributed by atoms with E-state index in [9.17, 15) is 4.79 Å². The molecule has 9 heteroatoms. The normalized spacial score (nSPS) is 19.0. The highest BCUT2D eigenvalue weighted by atomic mass is 127. The van der Waals surface area contributed by atoms with E-state index in [1.54, 1.807) is 28.4 Å². The van der Waals surface area contributed by atoms with Crippen molar-refractivity contribution in [1.82, 2.24) is 15.5 Å². The van der Waals surface area contributed by atoms with Gasteiger partial charge in [-0.2, -0.15) is 0 Å². The number of nitrogens with one attached hydrogen (secondary N) is 2. The molecule has 0 radical (unpaired) electrons. The summed E-state index contributed by atoms with van der Waals surface area (Å²) in [6.45, 7) is 2.06. The van der Waals surface area contributed by atoms with E-state index < -0.39 is 0 Å². The van der Waals surface area contributed by atoms with Gasteiger partial charge in [-0.1, -0.05) is 12.8 Å². The third kappa shape index (κ3) is 6.30. The summed E-state index contributed by atoms with van der Waals surface area (Å²) >= 11 is 0. The van der Waals surface area contributed by atoms with Gasteiger partial charge in [0.05, 0.1) is 21.3 Å². The first-order valence-corrected chi connectivity index (χ1v) is 10.6. The minimum Gasteiger partial charge on any atom is -0.496 e. The van der Waals surface area contributed by atoms with Crippen molar-refractivity contribution in [2.24, 2.45) is 10.9 Å². The minimum absolute atomic E-state index is 0. The molecule has 1 aromatic carbocycles. The molecule has 0 spiro atoms. The van der Waals surface area contributed by atoms with Crippen LogP contribution in [0.25, 0.3) is 0 Å². The van der Waals surface area contributed by atoms with E-state index in [2.05, 4.69) is 15.6 Å². The van der Waals surface area contributed by atoms with Crippen molar-refractivity contribution in [2.75, 3.05) is 41.5 Å². The van der Waals surface area contributed by atoms with Gasteiger partial charge in [0.15, 0.2) is 17.5 Å². The molecule has 2 aliphatic rings. The fraction of sp³-hybridized carbons (Fsp3) is 0.636. The van der Waals surface area contributed by atoms with E-state index in [1.165, 1.54) is 12.8 Å². The van der Waals surface area contributed by atoms with E-state index >= 15 is 0 Å². The van der Waals surface area contributed by atoms with Crippen molar-refractivity contribution in [3.8, 4) is 17.2 Å². The number of carbonyl (C=O) groups is 1. The average molecular weight is 546 g/mol. The summed E-state index contributed by atoms with van der Waals surface area (Å²) < 4.78 is 16.2. The summed E-state index contributed by atoms with van der Waals surface area (Å²) in [5.41, 5.74) is 0.933. The fourth-order valence-corrected chi connectivity index (χ4v) is 4.31. The Kier molecular flexibility index (Phi) is 9.98. The fourth-order valence-electron chi connectivity index (χ4n) is 4.31. The number of nitrogens with zero attached hydrogens (tertiary/aromatic N) is 2. The molecule has 174 valence electrons. The lowest BCUT2D eigenvalue weighted by Gasteiger charge is -2.22. The van der Waals surface area contributed by atoms with Gasteiger partial charge in [0.2, 0.25) is 5.91 Å². The highest BCUT2D eigenvalue weighted by Crippen LogP contribution is 2.34. The lowest BCUT2D eigenvalue weighted by Crippen LogP contribution is -2.45. The Morgan fingerprint density at radius 3 is 2.32 bits per heavy atom. The Morgan fingerprint density at radius 2 is 1.71 bits per heavy atom. The smallest absolute Gasteiger partial charge is 0.225 e. The van der Waals surface area contributed by atoms with Crippen LogP contribution < -0.4 is 24.8 Å². The molecular weight excluding hydrogens is 511 g/mol. The van der Waals surface area contributed by atoms with E-state index in [0.717, 1.165) is 37.9 Å². The number of amides is 1. The number of likely N-dealkylation sites (tertiary alicyclic amines) is 1. The van der Waals surface area contributed by atoms with Crippen LogP contribution in [0.4, 0.5) is 0 Å². The van der Waals surface area contributed by atoms with Gasteiger partial charge >= 0.3 is 0 Å². The van der Waals surface area contributed by atoms with Crippen LogP contribution in [0.1, 0.15) is 37.7 Å². The number of aliphatic imine (C=N–C) groups is 1. The largest absolute Gasteiger partial charge is 0.496 e. The highest BCUT2D eigenvalue weighted by Gasteiger charge is 2.32. The van der Waals surface area contributed by atoms with Crippen molar-refractivity contribution < 1.29 is 19.0 Å². The molecule has 1 aromatic rings. The summed E-state index contributed by atoms with van der Waals surface area (Å²) in [7, 11) is 6.59. The molecule has 1 amide bonds. The van der Waals surface area contributed by atoms with Crippen LogP contribution in [0.3, 0.4) is 0 Å². The van der Waals surface area contributed by atoms with E-state index in [1.807, 2.05) is 17.0 Å². The van der Waals surface area contributed by atoms with Crippen LogP contribution in [0.5, 0.6) is 17.2 Å². The van der Waals surface area contributed by atoms with E-state index in [0.29, 0.717) is 35.7 Å². The number of halogens is 1. The molecule has 1 atom stereocenters. The predicted molar refractivity (Wildman–Crippen MR) is 132 cm³/mol. The molecule has 0 aromatic heterocycles. The molecule has 1 unspecified atom stereocenters. The topological polar surface area (TPSA) is 84.4 Å². The molecular formula is C22H35IN4O4. The SMILES string of the molecule is CN=C(NCc1cc(OC)c(OC)cc1OC)NC1CCN(C(=O)C2CCCC2)C1.I. The number of ether oxygens (including phenoxy) is 3. The third-order valence-electron chi connectivity index (χ3n) is 6.00. The van der Waals surface area contributed by atoms with Crippen LogP contribution in [-0.4, -0.2) is 64.3 Å². The molecule has 3 rings (SSSR count). The van der Waals surface area contributed by atoms with Crippen molar-refractivity contribution in [3.05, 3.63) is 17.7 Å². The molecule has 1 saturated carbocycles. The number of guanidine groups is 1. The lowest BCUT2D eigenvalue weighted by molar-refractivity contribution is -0.134. The van der Waals surface area contributed by atoms with Crippen molar-refractivity contribution in [1.29, 1.82) is 0 Å². The number of benzene rings is 1. The molecule has 0 bridgehead atoms. The zero-order valence-electron chi connectivity index (χ0n) is 18.9. The van der Waals surface area contributed by atoms with E-state index in [-0.39, 0.29) is 35.9 Å². The lowest BCUT2D eigenvalue weighted by atomic mass is 10.1. The molecule has 1 aliphatic carbocycles. The van der Waals surface area contributed by atoms with Crippen LogP contribution in [0, 0.1) is 5.92 Å². The standard InChI is InChI=1S/C22H34N4O4.HI/c1-23-22(24-13-16-11-19(29-3)20(30-4)12-18(16)28-2)25-17-9-10-26(14-17)21(27)15-7-5-6-8-15;/h11-12,15,17H,5-10,13-14H2,1-4H3,(H2,23,24,25);1H. The van der Waals surface area contributed by atoms with E-state index in [4.69, 9.17) is 14.2 Å². The highest BCUT2D eigenvalue weighted by molar-refractivity contribution is 14.0. The summed E-state index contributed by atoms with van der Waals surface area (Å²) in [4.78, 5) is 19.0. The van der Waals surface area contributed by atoms with Crippen molar-refractivity contribution >= 4 is 35.8 Å². The van der Waals surface area contributed by atoms with Crippen molar-refractivity contribution in [3.63, 3.8) is 0 Å². The number of carbonyl (C=O) groups excluding carboxylic acids is 1. The Bertz CT molecular complexity index is 768. The third-order valence-corrected chi connectivity index (χ3v) is 6.00. The molecule has 8 nitrogen and oxygen atoms in total. The minimum atomic E-state index is 0. The maximum Gasteiger partial charge on any atom is 0.225 e. The second-order valence-corrected chi connectivity index (χ2v) is 7.84. The maximum atomic E-state index is 12.7. The zero-order chi connectivity index (χ0) is 21.5.